The van der Waals surface area contributed by atoms with Gasteiger partial charge in [0.05, 0.1) is 31.8 Å². The number of fused-ring (bicyclic) bond motifs is 3. The molecule has 0 amide bonds. The van der Waals surface area contributed by atoms with Gasteiger partial charge in [0.25, 0.3) is 0 Å². The lowest BCUT2D eigenvalue weighted by Crippen LogP contribution is -1.96. The van der Waals surface area contributed by atoms with Crippen LogP contribution in [0.1, 0.15) is 15.1 Å². The molecule has 3 heteroatoms. The molecule has 1 aromatic heterocycles. The molecular formula is C18H11Br2N. The van der Waals surface area contributed by atoms with Crippen molar-refractivity contribution in [2.24, 2.45) is 0 Å². The zero-order chi connectivity index (χ0) is 24.0. The summed E-state index contributed by atoms with van der Waals surface area (Å²) in [4.78, 5) is 0. The Bertz CT molecular complexity index is 1400. The van der Waals surface area contributed by atoms with Crippen LogP contribution in [0.4, 0.5) is 0 Å². The van der Waals surface area contributed by atoms with Crippen LogP contribution in [0, 0.1) is 0 Å². The van der Waals surface area contributed by atoms with Gasteiger partial charge in [0.2, 0.25) is 0 Å². The lowest BCUT2D eigenvalue weighted by atomic mass is 10.2. The Morgan fingerprint density at radius 1 is 0.667 bits per heavy atom. The Hall–Kier alpha value is -1.58. The maximum Gasteiger partial charge on any atom is 0.0746 e. The number of hydrogen-bond donors (Lipinski definition) is 0. The molecule has 0 saturated heterocycles. The van der Waals surface area contributed by atoms with Crippen LogP contribution in [0.15, 0.2) is 75.4 Å². The first-order chi connectivity index (χ1) is 14.8. The van der Waals surface area contributed by atoms with E-state index in [1.807, 2.05) is 0 Å². The minimum absolute atomic E-state index is 0.0176. The summed E-state index contributed by atoms with van der Waals surface area (Å²) in [5.41, 5.74) is -0.238. The van der Waals surface area contributed by atoms with Gasteiger partial charge >= 0.3 is 0 Å². The van der Waals surface area contributed by atoms with Crippen molar-refractivity contribution in [2.45, 2.75) is 0 Å². The summed E-state index contributed by atoms with van der Waals surface area (Å²) in [6, 6.07) is -5.28. The van der Waals surface area contributed by atoms with Crippen molar-refractivity contribution in [1.29, 1.82) is 0 Å². The van der Waals surface area contributed by atoms with E-state index in [0.29, 0.717) is 0 Å². The summed E-state index contributed by atoms with van der Waals surface area (Å²) < 4.78 is 91.8. The Balaban J connectivity index is 2.50. The third-order valence-corrected chi connectivity index (χ3v) is 4.16. The second-order valence-corrected chi connectivity index (χ2v) is 5.72. The molecule has 0 aliphatic carbocycles. The van der Waals surface area contributed by atoms with Crippen molar-refractivity contribution in [2.75, 3.05) is 0 Å². The van der Waals surface area contributed by atoms with Crippen LogP contribution in [0.3, 0.4) is 0 Å². The first-order valence-electron chi connectivity index (χ1n) is 11.3. The molecule has 0 unspecified atom stereocenters. The Morgan fingerprint density at radius 3 is 1.67 bits per heavy atom. The van der Waals surface area contributed by atoms with Gasteiger partial charge in [-0.25, -0.2) is 0 Å². The van der Waals surface area contributed by atoms with Crippen molar-refractivity contribution in [3.63, 3.8) is 0 Å². The second-order valence-electron chi connectivity index (χ2n) is 4.13. The molecule has 0 spiro atoms. The minimum atomic E-state index is -0.566. The first kappa shape index (κ1) is 5.90. The molecule has 3 aromatic carbocycles. The molecule has 1 heterocycles. The van der Waals surface area contributed by atoms with Gasteiger partial charge in [0.15, 0.2) is 0 Å². The van der Waals surface area contributed by atoms with Crippen LogP contribution < -0.4 is 0 Å². The highest BCUT2D eigenvalue weighted by molar-refractivity contribution is 9.11. The molecule has 0 aliphatic rings. The molecule has 0 fully saturated rings. The number of benzene rings is 3. The average molecular weight is 412 g/mol. The highest BCUT2D eigenvalue weighted by Gasteiger charge is 2.15. The fraction of sp³-hybridized carbons (Fsp3) is 0. The fourth-order valence-corrected chi connectivity index (χ4v) is 3.41. The highest BCUT2D eigenvalue weighted by atomic mass is 79.9. The van der Waals surface area contributed by atoms with E-state index in [1.54, 1.807) is 0 Å². The topological polar surface area (TPSA) is 4.93 Å². The number of hydrogen-bond acceptors (Lipinski definition) is 0. The van der Waals surface area contributed by atoms with E-state index in [9.17, 15) is 0 Å². The molecule has 0 bridgehead atoms. The number of rotatable bonds is 1. The molecule has 0 saturated carbocycles. The molecule has 102 valence electrons. The predicted octanol–water partition coefficient (Wildman–Crippen LogP) is 6.31. The number of para-hydroxylation sites is 3. The van der Waals surface area contributed by atoms with Gasteiger partial charge in [-0.1, -0.05) is 42.3 Å². The summed E-state index contributed by atoms with van der Waals surface area (Å²) in [6.07, 6.45) is 0. The second kappa shape index (κ2) is 5.00. The molecule has 0 atom stereocenters. The van der Waals surface area contributed by atoms with Crippen LogP contribution >= 0.6 is 31.9 Å². The smallest absolute Gasteiger partial charge is 0.0746 e. The normalized spacial score (nSPS) is 18.7. The first-order valence-corrected chi connectivity index (χ1v) is 7.38. The van der Waals surface area contributed by atoms with Gasteiger partial charge in [-0.05, 0) is 56.0 Å². The van der Waals surface area contributed by atoms with Crippen LogP contribution in [0.25, 0.3) is 27.5 Å². The number of nitrogens with zero attached hydrogens (tertiary/aromatic N) is 1. The quantitative estimate of drug-likeness (QED) is 0.346. The summed E-state index contributed by atoms with van der Waals surface area (Å²) in [7, 11) is 0. The summed E-state index contributed by atoms with van der Waals surface area (Å²) in [6.45, 7) is 0. The Kier molecular flexibility index (Phi) is 1.41. The van der Waals surface area contributed by atoms with Crippen molar-refractivity contribution in [3.8, 4) is 5.69 Å². The lowest BCUT2D eigenvalue weighted by Gasteiger charge is -2.12. The van der Waals surface area contributed by atoms with E-state index in [0.717, 1.165) is 0 Å². The van der Waals surface area contributed by atoms with Crippen LogP contribution in [0.5, 0.6) is 0 Å². The van der Waals surface area contributed by atoms with Gasteiger partial charge in [0, 0.05) is 19.7 Å². The van der Waals surface area contributed by atoms with Gasteiger partial charge in [-0.15, -0.1) is 0 Å². The third kappa shape index (κ3) is 1.95. The van der Waals surface area contributed by atoms with Crippen LogP contribution in [-0.2, 0) is 0 Å². The van der Waals surface area contributed by atoms with Crippen molar-refractivity contribution >= 4 is 53.7 Å². The van der Waals surface area contributed by atoms with Crippen molar-refractivity contribution < 1.29 is 15.1 Å². The van der Waals surface area contributed by atoms with Crippen LogP contribution in [0.2, 0.25) is 0 Å². The van der Waals surface area contributed by atoms with Gasteiger partial charge in [-0.2, -0.15) is 0 Å². The van der Waals surface area contributed by atoms with Crippen molar-refractivity contribution in [1.82, 2.24) is 4.57 Å². The molecule has 21 heavy (non-hydrogen) atoms. The molecule has 0 N–H and O–H groups in total. The SMILES string of the molecule is [2H]c1c([2H])c(Br)c(-n2c3c([2H])c([2H])c([2H])c([2H])c3c3c([2H])c([2H])c([2H])c([2H])c32)c(Br)c1[2H]. The molecule has 0 radical (unpaired) electrons. The molecule has 4 aromatic rings. The standard InChI is InChI=1S/C18H11Br2N/c19-14-8-5-9-15(20)18(14)21-16-10-3-1-6-12(16)13-7-2-4-11-17(13)21/h1-11H/i1D,2D,3D,4D,5D,6D,7D,8D,9D,10D,11D. The Labute approximate surface area is 154 Å². The molecule has 1 nitrogen and oxygen atoms in total. The lowest BCUT2D eigenvalue weighted by molar-refractivity contribution is 1.16. The molecule has 0 aliphatic heterocycles. The van der Waals surface area contributed by atoms with E-state index in [1.165, 1.54) is 4.57 Å². The summed E-state index contributed by atoms with van der Waals surface area (Å²) in [5, 5.41) is -0.213. The predicted molar refractivity (Wildman–Crippen MR) is 96.2 cm³/mol. The van der Waals surface area contributed by atoms with Crippen LogP contribution in [-0.4, -0.2) is 4.57 Å². The summed E-state index contributed by atoms with van der Waals surface area (Å²) >= 11 is 6.47. The third-order valence-electron chi connectivity index (χ3n) is 3.02. The largest absolute Gasteiger partial charge is 0.307 e. The monoisotopic (exact) mass is 410 g/mol. The van der Waals surface area contributed by atoms with E-state index < -0.39 is 54.4 Å². The zero-order valence-electron chi connectivity index (χ0n) is 21.2. The Morgan fingerprint density at radius 2 is 1.14 bits per heavy atom. The molecular weight excluding hydrogens is 390 g/mol. The minimum Gasteiger partial charge on any atom is -0.307 e. The number of halogens is 2. The van der Waals surface area contributed by atoms with E-state index in [4.69, 9.17) is 15.1 Å². The number of aromatic nitrogens is 1. The van der Waals surface area contributed by atoms with E-state index in [2.05, 4.69) is 31.9 Å². The highest BCUT2D eigenvalue weighted by Crippen LogP contribution is 2.37. The van der Waals surface area contributed by atoms with Gasteiger partial charge in [0.1, 0.15) is 0 Å². The van der Waals surface area contributed by atoms with E-state index >= 15 is 0 Å². The maximum atomic E-state index is 8.50. The zero-order valence-corrected chi connectivity index (χ0v) is 13.4. The van der Waals surface area contributed by atoms with Gasteiger partial charge < -0.3 is 4.57 Å². The fourth-order valence-electron chi connectivity index (χ4n) is 2.20. The maximum absolute atomic E-state index is 8.50. The molecule has 4 rings (SSSR count). The average Bonchev–Trinajstić information content (AvgIpc) is 3.12. The van der Waals surface area contributed by atoms with E-state index in [-0.39, 0.29) is 48.5 Å². The van der Waals surface area contributed by atoms with Gasteiger partial charge in [-0.3, -0.25) is 0 Å². The summed E-state index contributed by atoms with van der Waals surface area (Å²) in [5.74, 6) is 0. The van der Waals surface area contributed by atoms with Crippen molar-refractivity contribution in [3.05, 3.63) is 75.4 Å².